The van der Waals surface area contributed by atoms with E-state index in [0.717, 1.165) is 0 Å². The summed E-state index contributed by atoms with van der Waals surface area (Å²) in [6, 6.07) is 0. The quantitative estimate of drug-likeness (QED) is 0.488. The average Bonchev–Trinajstić information content (AvgIpc) is 2.61. The summed E-state index contributed by atoms with van der Waals surface area (Å²) in [6.07, 6.45) is 3.61. The fourth-order valence-electron chi connectivity index (χ4n) is 0.999. The third kappa shape index (κ3) is 2.37. The molecule has 0 amide bonds. The van der Waals surface area contributed by atoms with E-state index in [9.17, 15) is 4.79 Å². The van der Waals surface area contributed by atoms with E-state index >= 15 is 0 Å². The van der Waals surface area contributed by atoms with Gasteiger partial charge in [-0.2, -0.15) is 0 Å². The van der Waals surface area contributed by atoms with Gasteiger partial charge in [0.05, 0.1) is 6.54 Å². The zero-order valence-electron chi connectivity index (χ0n) is 7.64. The van der Waals surface area contributed by atoms with E-state index < -0.39 is 0 Å². The van der Waals surface area contributed by atoms with Crippen molar-refractivity contribution in [2.75, 3.05) is 14.2 Å². The van der Waals surface area contributed by atoms with Gasteiger partial charge in [-0.15, -0.1) is 0 Å². The molecule has 1 aromatic rings. The topological polar surface area (TPSA) is 53.4 Å². The zero-order valence-corrected chi connectivity index (χ0v) is 7.64. The number of ether oxygens (including phenoxy) is 2. The molecular weight excluding hydrogens is 172 g/mol. The maximum absolute atomic E-state index is 10.5. The zero-order chi connectivity index (χ0) is 9.68. The Hall–Kier alpha value is -1.20. The lowest BCUT2D eigenvalue weighted by Crippen LogP contribution is -2.21. The van der Waals surface area contributed by atoms with E-state index in [1.807, 2.05) is 0 Å². The molecule has 0 aliphatic carbocycles. The van der Waals surface area contributed by atoms with E-state index in [2.05, 4.69) is 4.98 Å². The lowest BCUT2D eigenvalue weighted by atomic mass is 10.5. The first-order valence-electron chi connectivity index (χ1n) is 3.83. The van der Waals surface area contributed by atoms with Gasteiger partial charge in [0, 0.05) is 26.6 Å². The molecule has 0 N–H and O–H groups in total. The molecule has 5 nitrogen and oxygen atoms in total. The van der Waals surface area contributed by atoms with Gasteiger partial charge in [-0.25, -0.2) is 4.98 Å². The summed E-state index contributed by atoms with van der Waals surface area (Å²) >= 11 is 0. The predicted octanol–water partition coefficient (Wildman–Crippen LogP) is 0.315. The second-order valence-corrected chi connectivity index (χ2v) is 2.46. The molecule has 0 aliphatic rings. The summed E-state index contributed by atoms with van der Waals surface area (Å²) in [5.74, 6) is 0.374. The van der Waals surface area contributed by atoms with Crippen molar-refractivity contribution in [3.63, 3.8) is 0 Å². The number of carbonyl (C=O) groups excluding carboxylic acids is 1. The van der Waals surface area contributed by atoms with E-state index in [1.54, 1.807) is 31.2 Å². The van der Waals surface area contributed by atoms with Gasteiger partial charge in [-0.05, 0) is 0 Å². The predicted molar refractivity (Wildman–Crippen MR) is 45.4 cm³/mol. The van der Waals surface area contributed by atoms with E-state index in [4.69, 9.17) is 9.47 Å². The summed E-state index contributed by atoms with van der Waals surface area (Å²) in [7, 11) is 3.09. The van der Waals surface area contributed by atoms with Gasteiger partial charge in [-0.1, -0.05) is 0 Å². The average molecular weight is 184 g/mol. The molecule has 0 aliphatic heterocycles. The smallest absolute Gasteiger partial charge is 0.185 e. The minimum atomic E-state index is -0.354. The van der Waals surface area contributed by atoms with Crippen LogP contribution in [0.25, 0.3) is 0 Å². The molecule has 0 unspecified atom stereocenters. The minimum Gasteiger partial charge on any atom is -0.354 e. The van der Waals surface area contributed by atoms with Gasteiger partial charge in [-0.3, -0.25) is 4.79 Å². The molecule has 1 rings (SSSR count). The van der Waals surface area contributed by atoms with Crippen molar-refractivity contribution in [2.45, 2.75) is 12.8 Å². The van der Waals surface area contributed by atoms with Gasteiger partial charge >= 0.3 is 0 Å². The number of nitrogens with zero attached hydrogens (tertiary/aromatic N) is 2. The molecule has 0 radical (unpaired) electrons. The second-order valence-electron chi connectivity index (χ2n) is 2.46. The van der Waals surface area contributed by atoms with Crippen molar-refractivity contribution in [3.8, 4) is 0 Å². The fraction of sp³-hybridized carbons (Fsp3) is 0.500. The van der Waals surface area contributed by atoms with Gasteiger partial charge in [0.1, 0.15) is 0 Å². The number of carbonyl (C=O) groups is 1. The molecule has 13 heavy (non-hydrogen) atoms. The number of hydrogen-bond acceptors (Lipinski definition) is 4. The minimum absolute atomic E-state index is 0.354. The largest absolute Gasteiger partial charge is 0.354 e. The van der Waals surface area contributed by atoms with E-state index in [-0.39, 0.29) is 6.29 Å². The monoisotopic (exact) mass is 184 g/mol. The van der Waals surface area contributed by atoms with Crippen LogP contribution in [0.1, 0.15) is 10.6 Å². The van der Waals surface area contributed by atoms with Crippen LogP contribution in [0.2, 0.25) is 0 Å². The Labute approximate surface area is 76.3 Å². The van der Waals surface area contributed by atoms with Crippen LogP contribution < -0.4 is 0 Å². The van der Waals surface area contributed by atoms with Crippen LogP contribution in [0.4, 0.5) is 0 Å². The van der Waals surface area contributed by atoms with Gasteiger partial charge in [0.15, 0.2) is 18.4 Å². The van der Waals surface area contributed by atoms with Crippen LogP contribution in [-0.2, 0) is 16.0 Å². The van der Waals surface area contributed by atoms with Crippen molar-refractivity contribution >= 4 is 6.29 Å². The van der Waals surface area contributed by atoms with Crippen LogP contribution >= 0.6 is 0 Å². The number of methoxy groups -OCH3 is 2. The molecule has 0 saturated heterocycles. The second kappa shape index (κ2) is 4.74. The van der Waals surface area contributed by atoms with Crippen LogP contribution in [0.15, 0.2) is 12.4 Å². The summed E-state index contributed by atoms with van der Waals surface area (Å²) in [5.41, 5.74) is 0. The van der Waals surface area contributed by atoms with E-state index in [0.29, 0.717) is 18.7 Å². The number of rotatable bonds is 5. The third-order valence-corrected chi connectivity index (χ3v) is 1.72. The Bertz CT molecular complexity index is 268. The lowest BCUT2D eigenvalue weighted by molar-refractivity contribution is -0.111. The summed E-state index contributed by atoms with van der Waals surface area (Å²) in [4.78, 5) is 14.3. The first kappa shape index (κ1) is 9.88. The lowest BCUT2D eigenvalue weighted by Gasteiger charge is -2.14. The maximum Gasteiger partial charge on any atom is 0.185 e. The Morgan fingerprint density at radius 1 is 1.62 bits per heavy atom. The van der Waals surface area contributed by atoms with Crippen molar-refractivity contribution in [3.05, 3.63) is 18.2 Å². The highest BCUT2D eigenvalue weighted by atomic mass is 16.7. The SMILES string of the molecule is COC(Cn1ccnc1C=O)OC. The highest BCUT2D eigenvalue weighted by Crippen LogP contribution is 2.00. The number of aromatic nitrogens is 2. The molecule has 0 aromatic carbocycles. The molecule has 5 heteroatoms. The Morgan fingerprint density at radius 2 is 2.31 bits per heavy atom. The van der Waals surface area contributed by atoms with Gasteiger partial charge in [0.2, 0.25) is 0 Å². The molecule has 0 atom stereocenters. The normalized spacial score (nSPS) is 10.7. The highest BCUT2D eigenvalue weighted by molar-refractivity contribution is 5.69. The first-order chi connectivity index (χ1) is 6.31. The van der Waals surface area contributed by atoms with Crippen molar-refractivity contribution in [2.24, 2.45) is 0 Å². The standard InChI is InChI=1S/C8H12N2O3/c1-12-8(13-2)5-10-4-3-9-7(10)6-11/h3-4,6,8H,5H2,1-2H3. The molecular formula is C8H12N2O3. The van der Waals surface area contributed by atoms with Crippen LogP contribution in [-0.4, -0.2) is 36.3 Å². The Morgan fingerprint density at radius 3 is 2.85 bits per heavy atom. The van der Waals surface area contributed by atoms with Crippen molar-refractivity contribution < 1.29 is 14.3 Å². The van der Waals surface area contributed by atoms with Crippen molar-refractivity contribution in [1.82, 2.24) is 9.55 Å². The first-order valence-corrected chi connectivity index (χ1v) is 3.83. The fourth-order valence-corrected chi connectivity index (χ4v) is 0.999. The number of imidazole rings is 1. The maximum atomic E-state index is 10.5. The molecule has 0 fully saturated rings. The summed E-state index contributed by atoms with van der Waals surface area (Å²) in [6.45, 7) is 0.459. The molecule has 1 aromatic heterocycles. The Balaban J connectivity index is 2.66. The Kier molecular flexibility index (Phi) is 3.60. The number of aldehydes is 1. The van der Waals surface area contributed by atoms with Gasteiger partial charge < -0.3 is 14.0 Å². The molecule has 0 saturated carbocycles. The molecule has 0 bridgehead atoms. The molecule has 1 heterocycles. The summed E-state index contributed by atoms with van der Waals surface area (Å²) < 4.78 is 11.6. The molecule has 0 spiro atoms. The van der Waals surface area contributed by atoms with Crippen LogP contribution in [0.3, 0.4) is 0 Å². The van der Waals surface area contributed by atoms with Crippen molar-refractivity contribution in [1.29, 1.82) is 0 Å². The van der Waals surface area contributed by atoms with Crippen LogP contribution in [0.5, 0.6) is 0 Å². The van der Waals surface area contributed by atoms with Gasteiger partial charge in [0.25, 0.3) is 0 Å². The third-order valence-electron chi connectivity index (χ3n) is 1.72. The van der Waals surface area contributed by atoms with Crippen LogP contribution in [0, 0.1) is 0 Å². The summed E-state index contributed by atoms with van der Waals surface area (Å²) in [5, 5.41) is 0. The number of hydrogen-bond donors (Lipinski definition) is 0. The highest BCUT2D eigenvalue weighted by Gasteiger charge is 2.08. The van der Waals surface area contributed by atoms with E-state index in [1.165, 1.54) is 0 Å². The molecule has 72 valence electrons.